The Morgan fingerprint density at radius 1 is 1.36 bits per heavy atom. The van der Waals surface area contributed by atoms with Gasteiger partial charge in [-0.25, -0.2) is 4.98 Å². The molecule has 0 saturated heterocycles. The number of allylic oxidation sites excluding steroid dienone is 4. The molecule has 0 bridgehead atoms. The van der Waals surface area contributed by atoms with E-state index in [9.17, 15) is 13.2 Å². The van der Waals surface area contributed by atoms with Crippen LogP contribution in [0.1, 0.15) is 32.3 Å². The Kier molecular flexibility index (Phi) is 5.27. The Morgan fingerprint density at radius 2 is 2.09 bits per heavy atom. The molecule has 0 radical (unpaired) electrons. The maximum absolute atomic E-state index is 13.0. The smallest absolute Gasteiger partial charge is 0.370 e. The zero-order chi connectivity index (χ0) is 16.2. The normalized spacial score (nSPS) is 16.8. The van der Waals surface area contributed by atoms with Crippen molar-refractivity contribution in [1.29, 1.82) is 0 Å². The summed E-state index contributed by atoms with van der Waals surface area (Å²) in [5.74, 6) is 1.53. The highest BCUT2D eigenvalue weighted by Gasteiger charge is 2.33. The number of anilines is 1. The van der Waals surface area contributed by atoms with Gasteiger partial charge in [0.15, 0.2) is 0 Å². The fraction of sp³-hybridized carbons (Fsp3) is 0.471. The van der Waals surface area contributed by atoms with Gasteiger partial charge >= 0.3 is 6.18 Å². The van der Waals surface area contributed by atoms with Crippen molar-refractivity contribution in [2.75, 3.05) is 11.9 Å². The first-order chi connectivity index (χ1) is 10.4. The summed E-state index contributed by atoms with van der Waals surface area (Å²) < 4.78 is 38.9. The second kappa shape index (κ2) is 6.99. The topological polar surface area (TPSA) is 24.9 Å². The molecule has 1 aromatic rings. The predicted octanol–water partition coefficient (Wildman–Crippen LogP) is 4.90. The molecule has 1 aliphatic carbocycles. The van der Waals surface area contributed by atoms with Gasteiger partial charge in [-0.05, 0) is 50.7 Å². The summed E-state index contributed by atoms with van der Waals surface area (Å²) in [5.41, 5.74) is 0.498. The summed E-state index contributed by atoms with van der Waals surface area (Å²) in [4.78, 5) is 4.27. The molecule has 0 aliphatic heterocycles. The van der Waals surface area contributed by atoms with Gasteiger partial charge in [-0.1, -0.05) is 23.8 Å². The molecule has 22 heavy (non-hydrogen) atoms. The quantitative estimate of drug-likeness (QED) is 0.756. The molecule has 0 unspecified atom stereocenters. The molecule has 1 heterocycles. The number of nitrogens with one attached hydrogen (secondary N) is 1. The van der Waals surface area contributed by atoms with Crippen LogP contribution in [-0.2, 0) is 6.42 Å². The van der Waals surface area contributed by atoms with E-state index in [2.05, 4.69) is 10.3 Å². The molecule has 0 atom stereocenters. The van der Waals surface area contributed by atoms with E-state index in [-0.39, 0.29) is 6.42 Å². The monoisotopic (exact) mass is 310 g/mol. The van der Waals surface area contributed by atoms with Crippen LogP contribution in [-0.4, -0.2) is 17.7 Å². The van der Waals surface area contributed by atoms with Crippen molar-refractivity contribution in [2.45, 2.75) is 39.3 Å². The number of rotatable bonds is 6. The molecular weight excluding hydrogens is 289 g/mol. The van der Waals surface area contributed by atoms with Crippen LogP contribution in [0.3, 0.4) is 0 Å². The Bertz CT molecular complexity index is 552. The second-order valence-corrected chi connectivity index (χ2v) is 5.74. The molecule has 5 heteroatoms. The lowest BCUT2D eigenvalue weighted by Gasteiger charge is -2.13. The molecule has 1 N–H and O–H groups in total. The van der Waals surface area contributed by atoms with Crippen LogP contribution < -0.4 is 5.32 Å². The van der Waals surface area contributed by atoms with Gasteiger partial charge < -0.3 is 5.32 Å². The molecule has 120 valence electrons. The zero-order valence-corrected chi connectivity index (χ0v) is 12.9. The minimum Gasteiger partial charge on any atom is -0.370 e. The number of pyridine rings is 1. The number of halogens is 3. The Balaban J connectivity index is 2.04. The van der Waals surface area contributed by atoms with E-state index in [1.54, 1.807) is 13.1 Å². The van der Waals surface area contributed by atoms with Gasteiger partial charge in [-0.3, -0.25) is 0 Å². The Labute approximate surface area is 129 Å². The maximum atomic E-state index is 13.0. The molecule has 0 spiro atoms. The minimum absolute atomic E-state index is 0.245. The highest BCUT2D eigenvalue weighted by Crippen LogP contribution is 2.31. The molecule has 1 aliphatic rings. The average Bonchev–Trinajstić information content (AvgIpc) is 3.27. The molecular formula is C17H21F3N2. The van der Waals surface area contributed by atoms with Crippen LogP contribution in [0.2, 0.25) is 0 Å². The Morgan fingerprint density at radius 3 is 2.59 bits per heavy atom. The van der Waals surface area contributed by atoms with E-state index in [1.165, 1.54) is 25.8 Å². The molecule has 2 rings (SSSR count). The van der Waals surface area contributed by atoms with E-state index >= 15 is 0 Å². The number of aromatic nitrogens is 1. The first-order valence-electron chi connectivity index (χ1n) is 7.48. The molecule has 1 fully saturated rings. The van der Waals surface area contributed by atoms with E-state index < -0.39 is 11.7 Å². The third-order valence-electron chi connectivity index (χ3n) is 3.66. The van der Waals surface area contributed by atoms with Crippen LogP contribution in [0.25, 0.3) is 0 Å². The fourth-order valence-corrected chi connectivity index (χ4v) is 2.25. The van der Waals surface area contributed by atoms with E-state index in [0.29, 0.717) is 5.57 Å². The van der Waals surface area contributed by atoms with Crippen molar-refractivity contribution in [1.82, 2.24) is 4.98 Å². The third kappa shape index (κ3) is 4.90. The first kappa shape index (κ1) is 16.6. The summed E-state index contributed by atoms with van der Waals surface area (Å²) in [6, 6.07) is 3.66. The number of hydrogen-bond donors (Lipinski definition) is 1. The summed E-state index contributed by atoms with van der Waals surface area (Å²) >= 11 is 0. The SMILES string of the molecule is C/C=C\C(=C(/C)Cc1ccc(NCC2CC2)nc1)C(F)(F)F. The van der Waals surface area contributed by atoms with Crippen LogP contribution in [0, 0.1) is 5.92 Å². The largest absolute Gasteiger partial charge is 0.416 e. The molecule has 1 saturated carbocycles. The van der Waals surface area contributed by atoms with E-state index in [0.717, 1.165) is 29.9 Å². The fourth-order valence-electron chi connectivity index (χ4n) is 2.25. The van der Waals surface area contributed by atoms with Crippen molar-refractivity contribution in [2.24, 2.45) is 5.92 Å². The van der Waals surface area contributed by atoms with Gasteiger partial charge in [-0.15, -0.1) is 0 Å². The number of hydrogen-bond acceptors (Lipinski definition) is 2. The molecule has 0 aromatic carbocycles. The highest BCUT2D eigenvalue weighted by atomic mass is 19.4. The summed E-state index contributed by atoms with van der Waals surface area (Å²) in [6.45, 7) is 4.02. The molecule has 2 nitrogen and oxygen atoms in total. The van der Waals surface area contributed by atoms with Crippen LogP contribution in [0.5, 0.6) is 0 Å². The average molecular weight is 310 g/mol. The maximum Gasteiger partial charge on any atom is 0.416 e. The lowest BCUT2D eigenvalue weighted by Crippen LogP contribution is -2.13. The van der Waals surface area contributed by atoms with Crippen molar-refractivity contribution in [3.63, 3.8) is 0 Å². The molecule has 1 aromatic heterocycles. The first-order valence-corrected chi connectivity index (χ1v) is 7.48. The standard InChI is InChI=1S/C17H21F3N2/c1-3-4-15(17(18,19)20)12(2)9-14-7-8-16(22-11-14)21-10-13-5-6-13/h3-4,7-8,11,13H,5-6,9-10H2,1-2H3,(H,21,22)/b4-3-,15-12-. The highest BCUT2D eigenvalue weighted by molar-refractivity contribution is 5.38. The minimum atomic E-state index is -4.32. The second-order valence-electron chi connectivity index (χ2n) is 5.74. The van der Waals surface area contributed by atoms with Crippen LogP contribution >= 0.6 is 0 Å². The third-order valence-corrected chi connectivity index (χ3v) is 3.66. The molecule has 0 amide bonds. The summed E-state index contributed by atoms with van der Waals surface area (Å²) in [6.07, 6.45) is 2.62. The van der Waals surface area contributed by atoms with Crippen molar-refractivity contribution < 1.29 is 13.2 Å². The number of nitrogens with zero attached hydrogens (tertiary/aromatic N) is 1. The van der Waals surface area contributed by atoms with Gasteiger partial charge in [0, 0.05) is 12.7 Å². The van der Waals surface area contributed by atoms with Gasteiger partial charge in [0.1, 0.15) is 5.82 Å². The van der Waals surface area contributed by atoms with Crippen molar-refractivity contribution >= 4 is 5.82 Å². The van der Waals surface area contributed by atoms with E-state index in [1.807, 2.05) is 12.1 Å². The lowest BCUT2D eigenvalue weighted by molar-refractivity contribution is -0.0890. The zero-order valence-electron chi connectivity index (χ0n) is 12.9. The van der Waals surface area contributed by atoms with Crippen molar-refractivity contribution in [3.05, 3.63) is 47.2 Å². The van der Waals surface area contributed by atoms with Gasteiger partial charge in [0.25, 0.3) is 0 Å². The Hall–Kier alpha value is -1.78. The van der Waals surface area contributed by atoms with Gasteiger partial charge in [-0.2, -0.15) is 13.2 Å². The van der Waals surface area contributed by atoms with Crippen LogP contribution in [0.4, 0.5) is 19.0 Å². The van der Waals surface area contributed by atoms with Gasteiger partial charge in [0.05, 0.1) is 5.57 Å². The number of alkyl halides is 3. The van der Waals surface area contributed by atoms with E-state index in [4.69, 9.17) is 0 Å². The van der Waals surface area contributed by atoms with Crippen LogP contribution in [0.15, 0.2) is 41.6 Å². The lowest BCUT2D eigenvalue weighted by atomic mass is 10.0. The van der Waals surface area contributed by atoms with Gasteiger partial charge in [0.2, 0.25) is 0 Å². The summed E-state index contributed by atoms with van der Waals surface area (Å²) in [5, 5.41) is 3.24. The summed E-state index contributed by atoms with van der Waals surface area (Å²) in [7, 11) is 0. The predicted molar refractivity (Wildman–Crippen MR) is 82.7 cm³/mol. The van der Waals surface area contributed by atoms with Crippen molar-refractivity contribution in [3.8, 4) is 0 Å².